The number of rotatable bonds is 3. The molecule has 2 aromatic rings. The second-order valence-electron chi connectivity index (χ2n) is 3.88. The van der Waals surface area contributed by atoms with Crippen LogP contribution < -0.4 is 5.32 Å². The van der Waals surface area contributed by atoms with Crippen molar-refractivity contribution in [3.63, 3.8) is 0 Å². The predicted molar refractivity (Wildman–Crippen MR) is 83.5 cm³/mol. The molecule has 108 valence electrons. The summed E-state index contributed by atoms with van der Waals surface area (Å²) < 4.78 is 39.9. The smallest absolute Gasteiger partial charge is 0.379 e. The highest BCUT2D eigenvalue weighted by atomic mass is 79.9. The molecule has 0 spiro atoms. The van der Waals surface area contributed by atoms with Gasteiger partial charge in [0.2, 0.25) is 0 Å². The topological polar surface area (TPSA) is 12.0 Å². The van der Waals surface area contributed by atoms with Crippen molar-refractivity contribution in [1.29, 1.82) is 0 Å². The van der Waals surface area contributed by atoms with Crippen molar-refractivity contribution in [2.45, 2.75) is 12.7 Å². The molecule has 20 heavy (non-hydrogen) atoms. The lowest BCUT2D eigenvalue weighted by atomic mass is 10.2. The predicted octanol–water partition coefficient (Wildman–Crippen LogP) is 6.56. The van der Waals surface area contributed by atoms with Gasteiger partial charge in [-0.05, 0) is 56.1 Å². The van der Waals surface area contributed by atoms with Gasteiger partial charge < -0.3 is 5.32 Å². The van der Waals surface area contributed by atoms with Gasteiger partial charge in [-0.2, -0.15) is 13.2 Å². The van der Waals surface area contributed by atoms with Crippen molar-refractivity contribution in [2.24, 2.45) is 0 Å². The fraction of sp³-hybridized carbons (Fsp3) is 0.167. The maximum absolute atomic E-state index is 12.7. The van der Waals surface area contributed by atoms with Crippen LogP contribution in [0.1, 0.15) is 10.4 Å². The Morgan fingerprint density at radius 3 is 2.40 bits per heavy atom. The zero-order chi connectivity index (χ0) is 14.9. The Bertz CT molecular complexity index is 608. The lowest BCUT2D eigenvalue weighted by Crippen LogP contribution is -2.06. The van der Waals surface area contributed by atoms with Crippen LogP contribution in [0.5, 0.6) is 0 Å². The summed E-state index contributed by atoms with van der Waals surface area (Å²) in [5.74, 6) is 0. The summed E-state index contributed by atoms with van der Waals surface area (Å²) in [5.41, 5.74) is -0.297. The average Bonchev–Trinajstić information content (AvgIpc) is 2.66. The van der Waals surface area contributed by atoms with Crippen LogP contribution in [0.15, 0.2) is 33.2 Å². The molecule has 0 aliphatic carbocycles. The van der Waals surface area contributed by atoms with Crippen LogP contribution in [0.25, 0.3) is 0 Å². The zero-order valence-corrected chi connectivity index (χ0v) is 14.4. The summed E-state index contributed by atoms with van der Waals surface area (Å²) >= 11 is 13.8. The quantitative estimate of drug-likeness (QED) is 0.560. The number of nitrogens with one attached hydrogen (secondary N) is 1. The third-order valence-electron chi connectivity index (χ3n) is 2.44. The van der Waals surface area contributed by atoms with E-state index in [-0.39, 0.29) is 0 Å². The van der Waals surface area contributed by atoms with Crippen molar-refractivity contribution in [2.75, 3.05) is 5.32 Å². The van der Waals surface area contributed by atoms with E-state index in [9.17, 15) is 13.2 Å². The van der Waals surface area contributed by atoms with Crippen LogP contribution in [0.4, 0.5) is 18.9 Å². The Kier molecular flexibility index (Phi) is 5.05. The molecule has 0 atom stereocenters. The Balaban J connectivity index is 2.16. The highest BCUT2D eigenvalue weighted by Gasteiger charge is 2.30. The molecule has 0 saturated carbocycles. The van der Waals surface area contributed by atoms with Crippen molar-refractivity contribution in [3.8, 4) is 0 Å². The summed E-state index contributed by atoms with van der Waals surface area (Å²) in [6.07, 6.45) is -4.35. The highest BCUT2D eigenvalue weighted by Crippen LogP contribution is 2.35. The SMILES string of the molecule is FC(F)(F)c1ccc(Br)c(NCc2cc(Br)c(Cl)s2)c1. The third kappa shape index (κ3) is 3.90. The van der Waals surface area contributed by atoms with Crippen LogP contribution in [0.2, 0.25) is 4.34 Å². The minimum absolute atomic E-state index is 0.389. The molecule has 1 nitrogen and oxygen atoms in total. The summed E-state index contributed by atoms with van der Waals surface area (Å²) in [4.78, 5) is 0.922. The summed E-state index contributed by atoms with van der Waals surface area (Å²) in [6.45, 7) is 0.399. The van der Waals surface area contributed by atoms with E-state index in [0.29, 0.717) is 21.0 Å². The third-order valence-corrected chi connectivity index (χ3v) is 5.61. The first-order valence-electron chi connectivity index (χ1n) is 5.31. The molecule has 1 aromatic heterocycles. The van der Waals surface area contributed by atoms with Crippen LogP contribution >= 0.6 is 54.8 Å². The molecular weight excluding hydrogens is 442 g/mol. The largest absolute Gasteiger partial charge is 0.416 e. The lowest BCUT2D eigenvalue weighted by Gasteiger charge is -2.12. The molecule has 0 unspecified atom stereocenters. The second-order valence-corrected chi connectivity index (χ2v) is 7.33. The van der Waals surface area contributed by atoms with E-state index in [4.69, 9.17) is 11.6 Å². The Labute approximate surface area is 139 Å². The molecule has 0 fully saturated rings. The first kappa shape index (κ1) is 16.1. The minimum atomic E-state index is -4.35. The van der Waals surface area contributed by atoms with Gasteiger partial charge in [0, 0.05) is 26.1 Å². The van der Waals surface area contributed by atoms with Gasteiger partial charge >= 0.3 is 6.18 Å². The van der Waals surface area contributed by atoms with Crippen molar-refractivity contribution in [1.82, 2.24) is 0 Å². The fourth-order valence-electron chi connectivity index (χ4n) is 1.50. The van der Waals surface area contributed by atoms with Gasteiger partial charge in [-0.25, -0.2) is 0 Å². The molecule has 0 aliphatic heterocycles. The highest BCUT2D eigenvalue weighted by molar-refractivity contribution is 9.11. The molecule has 1 N–H and O–H groups in total. The summed E-state index contributed by atoms with van der Waals surface area (Å²) in [5, 5.41) is 2.97. The molecule has 0 saturated heterocycles. The van der Waals surface area contributed by atoms with E-state index in [1.54, 1.807) is 0 Å². The van der Waals surface area contributed by atoms with Gasteiger partial charge in [0.15, 0.2) is 0 Å². The molecular formula is C12H7Br2ClF3NS. The number of benzene rings is 1. The number of hydrogen-bond acceptors (Lipinski definition) is 2. The van der Waals surface area contributed by atoms with Gasteiger partial charge in [0.1, 0.15) is 4.34 Å². The molecule has 0 bridgehead atoms. The van der Waals surface area contributed by atoms with Crippen LogP contribution in [0, 0.1) is 0 Å². The van der Waals surface area contributed by atoms with Crippen LogP contribution in [-0.2, 0) is 12.7 Å². The van der Waals surface area contributed by atoms with E-state index in [1.165, 1.54) is 17.4 Å². The summed E-state index contributed by atoms with van der Waals surface area (Å²) in [7, 11) is 0. The molecule has 0 radical (unpaired) electrons. The van der Waals surface area contributed by atoms with E-state index in [2.05, 4.69) is 37.2 Å². The lowest BCUT2D eigenvalue weighted by molar-refractivity contribution is -0.137. The first-order valence-corrected chi connectivity index (χ1v) is 8.10. The second kappa shape index (κ2) is 6.25. The number of alkyl halides is 3. The van der Waals surface area contributed by atoms with Gasteiger partial charge in [0.05, 0.1) is 5.56 Å². The molecule has 2 rings (SSSR count). The number of anilines is 1. The normalized spacial score (nSPS) is 11.7. The summed E-state index contributed by atoms with van der Waals surface area (Å²) in [6, 6.07) is 5.33. The molecule has 0 amide bonds. The van der Waals surface area contributed by atoms with Gasteiger partial charge in [-0.1, -0.05) is 11.6 Å². The average molecular weight is 450 g/mol. The van der Waals surface area contributed by atoms with Crippen molar-refractivity contribution >= 4 is 60.5 Å². The van der Waals surface area contributed by atoms with Crippen LogP contribution in [-0.4, -0.2) is 0 Å². The van der Waals surface area contributed by atoms with Crippen molar-refractivity contribution < 1.29 is 13.2 Å². The van der Waals surface area contributed by atoms with E-state index < -0.39 is 11.7 Å². The fourth-order valence-corrected chi connectivity index (χ4v) is 3.61. The molecule has 1 heterocycles. The van der Waals surface area contributed by atoms with Gasteiger partial charge in [-0.3, -0.25) is 0 Å². The Morgan fingerprint density at radius 1 is 1.15 bits per heavy atom. The molecule has 0 aliphatic rings. The van der Waals surface area contributed by atoms with E-state index >= 15 is 0 Å². The molecule has 8 heteroatoms. The Morgan fingerprint density at radius 2 is 1.85 bits per heavy atom. The van der Waals surface area contributed by atoms with Gasteiger partial charge in [0.25, 0.3) is 0 Å². The van der Waals surface area contributed by atoms with Crippen molar-refractivity contribution in [3.05, 3.63) is 48.0 Å². The molecule has 1 aromatic carbocycles. The number of hydrogen-bond donors (Lipinski definition) is 1. The minimum Gasteiger partial charge on any atom is -0.379 e. The van der Waals surface area contributed by atoms with Crippen LogP contribution in [0.3, 0.4) is 0 Å². The standard InChI is InChI=1S/C12H7Br2ClF3NS/c13-8-2-1-6(12(16,17)18)3-10(8)19-5-7-4-9(14)11(15)20-7/h1-4,19H,5H2. The Hall–Kier alpha value is -0.240. The maximum atomic E-state index is 12.7. The van der Waals surface area contributed by atoms with Gasteiger partial charge in [-0.15, -0.1) is 11.3 Å². The first-order chi connectivity index (χ1) is 9.27. The maximum Gasteiger partial charge on any atom is 0.416 e. The zero-order valence-electron chi connectivity index (χ0n) is 9.69. The van der Waals surface area contributed by atoms with E-state index in [0.717, 1.165) is 21.5 Å². The number of halogens is 6. The number of thiophene rings is 1. The van der Waals surface area contributed by atoms with E-state index in [1.807, 2.05) is 6.07 Å². The monoisotopic (exact) mass is 447 g/mol.